The Morgan fingerprint density at radius 2 is 1.93 bits per heavy atom. The zero-order valence-electron chi connectivity index (χ0n) is 15.8. The van der Waals surface area contributed by atoms with Gasteiger partial charge in [0.15, 0.2) is 0 Å². The second kappa shape index (κ2) is 8.49. The van der Waals surface area contributed by atoms with E-state index in [1.54, 1.807) is 0 Å². The van der Waals surface area contributed by atoms with Gasteiger partial charge in [-0.1, -0.05) is 32.1 Å². The smallest absolute Gasteiger partial charge is 0.130 e. The van der Waals surface area contributed by atoms with Crippen LogP contribution in [0.25, 0.3) is 11.3 Å². The Morgan fingerprint density at radius 1 is 1.11 bits per heavy atom. The van der Waals surface area contributed by atoms with Gasteiger partial charge in [0, 0.05) is 43.6 Å². The Hall–Kier alpha value is -2.45. The normalized spacial score (nSPS) is 18.3. The molecule has 2 fully saturated rings. The molecule has 0 aromatic carbocycles. The molecule has 3 heterocycles. The van der Waals surface area contributed by atoms with E-state index in [9.17, 15) is 5.26 Å². The molecule has 4 rings (SSSR count). The third-order valence-corrected chi connectivity index (χ3v) is 5.72. The number of rotatable bonds is 4. The van der Waals surface area contributed by atoms with Gasteiger partial charge in [0.05, 0.1) is 17.3 Å². The van der Waals surface area contributed by atoms with Gasteiger partial charge in [0.25, 0.3) is 0 Å². The number of nitriles is 1. The zero-order chi connectivity index (χ0) is 18.5. The SMILES string of the molecule is N#Cc1cc(-c2ccnc(CC3CCCCC3)c2)nc(N2CCNCC2)c1. The zero-order valence-corrected chi connectivity index (χ0v) is 15.8. The van der Waals surface area contributed by atoms with Crippen molar-refractivity contribution in [2.24, 2.45) is 5.92 Å². The van der Waals surface area contributed by atoms with Gasteiger partial charge in [-0.2, -0.15) is 5.26 Å². The minimum absolute atomic E-state index is 0.666. The lowest BCUT2D eigenvalue weighted by atomic mass is 9.86. The van der Waals surface area contributed by atoms with Crippen LogP contribution in [-0.2, 0) is 6.42 Å². The van der Waals surface area contributed by atoms with E-state index in [1.165, 1.54) is 32.1 Å². The number of piperazine rings is 1. The van der Waals surface area contributed by atoms with E-state index in [1.807, 2.05) is 24.4 Å². The van der Waals surface area contributed by atoms with E-state index in [0.29, 0.717) is 5.56 Å². The summed E-state index contributed by atoms with van der Waals surface area (Å²) < 4.78 is 0. The molecule has 0 radical (unpaired) electrons. The molecule has 1 saturated carbocycles. The fourth-order valence-corrected chi connectivity index (χ4v) is 4.22. The Kier molecular flexibility index (Phi) is 5.64. The highest BCUT2D eigenvalue weighted by molar-refractivity contribution is 5.64. The summed E-state index contributed by atoms with van der Waals surface area (Å²) in [5.41, 5.74) is 3.74. The van der Waals surface area contributed by atoms with E-state index in [0.717, 1.165) is 61.3 Å². The first kappa shape index (κ1) is 17.9. The van der Waals surface area contributed by atoms with Crippen LogP contribution in [0, 0.1) is 17.2 Å². The second-order valence-corrected chi connectivity index (χ2v) is 7.69. The van der Waals surface area contributed by atoms with E-state index in [2.05, 4.69) is 27.3 Å². The highest BCUT2D eigenvalue weighted by Crippen LogP contribution is 2.28. The molecule has 1 aliphatic heterocycles. The van der Waals surface area contributed by atoms with Crippen LogP contribution in [0.1, 0.15) is 43.4 Å². The summed E-state index contributed by atoms with van der Waals surface area (Å²) in [6.07, 6.45) is 9.66. The number of aromatic nitrogens is 2. The van der Waals surface area contributed by atoms with Gasteiger partial charge < -0.3 is 10.2 Å². The molecule has 0 spiro atoms. The summed E-state index contributed by atoms with van der Waals surface area (Å²) in [7, 11) is 0. The largest absolute Gasteiger partial charge is 0.354 e. The predicted octanol–water partition coefficient (Wildman–Crippen LogP) is 3.55. The van der Waals surface area contributed by atoms with Crippen LogP contribution in [0.5, 0.6) is 0 Å². The van der Waals surface area contributed by atoms with Gasteiger partial charge in [-0.15, -0.1) is 0 Å². The summed E-state index contributed by atoms with van der Waals surface area (Å²) in [6.45, 7) is 3.75. The minimum Gasteiger partial charge on any atom is -0.354 e. The molecule has 1 aliphatic carbocycles. The van der Waals surface area contributed by atoms with Crippen molar-refractivity contribution in [1.29, 1.82) is 5.26 Å². The molecule has 5 heteroatoms. The lowest BCUT2D eigenvalue weighted by Crippen LogP contribution is -2.43. The highest BCUT2D eigenvalue weighted by Gasteiger charge is 2.17. The van der Waals surface area contributed by atoms with Crippen LogP contribution in [0.2, 0.25) is 0 Å². The second-order valence-electron chi connectivity index (χ2n) is 7.69. The highest BCUT2D eigenvalue weighted by atomic mass is 15.2. The van der Waals surface area contributed by atoms with Crippen LogP contribution < -0.4 is 10.2 Å². The van der Waals surface area contributed by atoms with Gasteiger partial charge >= 0.3 is 0 Å². The van der Waals surface area contributed by atoms with Gasteiger partial charge in [-0.3, -0.25) is 4.98 Å². The first-order valence-corrected chi connectivity index (χ1v) is 10.1. The maximum Gasteiger partial charge on any atom is 0.130 e. The molecule has 0 amide bonds. The van der Waals surface area contributed by atoms with E-state index < -0.39 is 0 Å². The lowest BCUT2D eigenvalue weighted by molar-refractivity contribution is 0.354. The van der Waals surface area contributed by atoms with Crippen molar-refractivity contribution in [2.45, 2.75) is 38.5 Å². The van der Waals surface area contributed by atoms with E-state index in [-0.39, 0.29) is 0 Å². The summed E-state index contributed by atoms with van der Waals surface area (Å²) in [4.78, 5) is 11.7. The fraction of sp³-hybridized carbons (Fsp3) is 0.500. The molecule has 0 bridgehead atoms. The Labute approximate surface area is 161 Å². The van der Waals surface area contributed by atoms with Crippen molar-refractivity contribution in [2.75, 3.05) is 31.1 Å². The number of hydrogen-bond donors (Lipinski definition) is 1. The van der Waals surface area contributed by atoms with Crippen molar-refractivity contribution < 1.29 is 0 Å². The molecule has 27 heavy (non-hydrogen) atoms. The van der Waals surface area contributed by atoms with Crippen molar-refractivity contribution in [3.63, 3.8) is 0 Å². The van der Waals surface area contributed by atoms with E-state index >= 15 is 0 Å². The van der Waals surface area contributed by atoms with Crippen LogP contribution in [0.3, 0.4) is 0 Å². The summed E-state index contributed by atoms with van der Waals surface area (Å²) in [6, 6.07) is 10.3. The van der Waals surface area contributed by atoms with Crippen LogP contribution in [0.15, 0.2) is 30.5 Å². The maximum absolute atomic E-state index is 9.48. The van der Waals surface area contributed by atoms with Crippen LogP contribution in [0.4, 0.5) is 5.82 Å². The predicted molar refractivity (Wildman–Crippen MR) is 108 cm³/mol. The van der Waals surface area contributed by atoms with Crippen LogP contribution >= 0.6 is 0 Å². The Bertz CT molecular complexity index is 814. The molecule has 2 aliphatic rings. The number of pyridine rings is 2. The molecular formula is C22H27N5. The number of nitrogens with one attached hydrogen (secondary N) is 1. The quantitative estimate of drug-likeness (QED) is 0.902. The topological polar surface area (TPSA) is 64.8 Å². The first-order chi connectivity index (χ1) is 13.3. The fourth-order valence-electron chi connectivity index (χ4n) is 4.22. The van der Waals surface area contributed by atoms with Crippen LogP contribution in [-0.4, -0.2) is 36.1 Å². The molecule has 0 unspecified atom stereocenters. The molecule has 2 aromatic heterocycles. The van der Waals surface area contributed by atoms with Gasteiger partial charge in [-0.05, 0) is 36.6 Å². The van der Waals surface area contributed by atoms with Crippen molar-refractivity contribution in [1.82, 2.24) is 15.3 Å². The lowest BCUT2D eigenvalue weighted by Gasteiger charge is -2.28. The molecule has 5 nitrogen and oxygen atoms in total. The standard InChI is InChI=1S/C22H27N5/c23-16-18-13-21(26-22(14-18)27-10-8-24-9-11-27)19-6-7-25-20(15-19)12-17-4-2-1-3-5-17/h6-7,13-15,17,24H,1-5,8-12H2. The molecule has 1 saturated heterocycles. The van der Waals surface area contributed by atoms with Crippen molar-refractivity contribution in [3.8, 4) is 17.3 Å². The van der Waals surface area contributed by atoms with Gasteiger partial charge in [0.2, 0.25) is 0 Å². The molecule has 0 atom stereocenters. The summed E-state index contributed by atoms with van der Waals surface area (Å²) >= 11 is 0. The third kappa shape index (κ3) is 4.45. The Balaban J connectivity index is 1.60. The van der Waals surface area contributed by atoms with Crippen molar-refractivity contribution in [3.05, 3.63) is 41.7 Å². The average molecular weight is 361 g/mol. The average Bonchev–Trinajstić information content (AvgIpc) is 2.75. The molecule has 140 valence electrons. The third-order valence-electron chi connectivity index (χ3n) is 5.72. The summed E-state index contributed by atoms with van der Waals surface area (Å²) in [5, 5.41) is 12.8. The monoisotopic (exact) mass is 361 g/mol. The van der Waals surface area contributed by atoms with Crippen molar-refractivity contribution >= 4 is 5.82 Å². The molecule has 2 aromatic rings. The maximum atomic E-state index is 9.48. The Morgan fingerprint density at radius 3 is 2.70 bits per heavy atom. The summed E-state index contributed by atoms with van der Waals surface area (Å²) in [5.74, 6) is 1.66. The van der Waals surface area contributed by atoms with E-state index in [4.69, 9.17) is 4.98 Å². The van der Waals surface area contributed by atoms with Gasteiger partial charge in [-0.25, -0.2) is 4.98 Å². The van der Waals surface area contributed by atoms with Gasteiger partial charge in [0.1, 0.15) is 5.82 Å². The number of hydrogen-bond acceptors (Lipinski definition) is 5. The first-order valence-electron chi connectivity index (χ1n) is 10.1. The molecular weight excluding hydrogens is 334 g/mol. The molecule has 1 N–H and O–H groups in total. The minimum atomic E-state index is 0.666. The number of anilines is 1. The number of nitrogens with zero attached hydrogens (tertiary/aromatic N) is 4.